The van der Waals surface area contributed by atoms with Gasteiger partial charge in [-0.25, -0.2) is 4.79 Å². The summed E-state index contributed by atoms with van der Waals surface area (Å²) in [5.41, 5.74) is 1.42. The molecule has 2 N–H and O–H groups in total. The molecule has 3 amide bonds. The summed E-state index contributed by atoms with van der Waals surface area (Å²) in [5, 5.41) is 5.44. The number of anilines is 2. The van der Waals surface area contributed by atoms with Crippen LogP contribution in [0.2, 0.25) is 0 Å². The van der Waals surface area contributed by atoms with Crippen LogP contribution in [0.25, 0.3) is 0 Å². The third kappa shape index (κ3) is 5.31. The highest BCUT2D eigenvalue weighted by Crippen LogP contribution is 2.16. The molecule has 0 spiro atoms. The molecule has 24 heavy (non-hydrogen) atoms. The number of para-hydroxylation sites is 1. The molecule has 0 atom stereocenters. The van der Waals surface area contributed by atoms with Crippen LogP contribution in [0.15, 0.2) is 54.6 Å². The molecule has 0 aromatic heterocycles. The topological polar surface area (TPSA) is 70.7 Å². The van der Waals surface area contributed by atoms with E-state index in [9.17, 15) is 9.59 Å². The number of rotatable bonds is 6. The predicted molar refractivity (Wildman–Crippen MR) is 94.5 cm³/mol. The lowest BCUT2D eigenvalue weighted by atomic mass is 10.2. The van der Waals surface area contributed by atoms with Gasteiger partial charge in [-0.3, -0.25) is 4.79 Å². The number of carbonyl (C=O) groups is 2. The second-order valence-electron chi connectivity index (χ2n) is 5.17. The number of carbonyl (C=O) groups excluding carboxylic acids is 2. The standard InChI is InChI=1S/C18H21N3O3/c1-14(22)21(2)16-10-8-15(9-11-16)20-18(23)19-12-13-24-17-6-4-3-5-7-17/h3-11H,12-13H2,1-2H3,(H2,19,20,23). The van der Waals surface area contributed by atoms with Crippen molar-refractivity contribution in [2.24, 2.45) is 0 Å². The Hall–Kier alpha value is -3.02. The van der Waals surface area contributed by atoms with E-state index in [1.54, 1.807) is 31.3 Å². The molecule has 0 bridgehead atoms. The summed E-state index contributed by atoms with van der Waals surface area (Å²) < 4.78 is 5.49. The highest BCUT2D eigenvalue weighted by Gasteiger charge is 2.06. The fraction of sp³-hybridized carbons (Fsp3) is 0.222. The minimum absolute atomic E-state index is 0.0492. The number of urea groups is 1. The van der Waals surface area contributed by atoms with Gasteiger partial charge in [0.05, 0.1) is 6.54 Å². The number of nitrogens with zero attached hydrogens (tertiary/aromatic N) is 1. The Morgan fingerprint density at radius 1 is 1.04 bits per heavy atom. The molecule has 0 heterocycles. The second-order valence-corrected chi connectivity index (χ2v) is 5.17. The maximum atomic E-state index is 11.8. The first-order valence-corrected chi connectivity index (χ1v) is 7.63. The molecule has 0 fully saturated rings. The summed E-state index contributed by atoms with van der Waals surface area (Å²) in [6.45, 7) is 2.28. The zero-order valence-electron chi connectivity index (χ0n) is 13.8. The maximum Gasteiger partial charge on any atom is 0.319 e. The number of ether oxygens (including phenoxy) is 1. The zero-order valence-corrected chi connectivity index (χ0v) is 13.8. The van der Waals surface area contributed by atoms with E-state index in [-0.39, 0.29) is 11.9 Å². The zero-order chi connectivity index (χ0) is 17.4. The van der Waals surface area contributed by atoms with E-state index in [1.165, 1.54) is 11.8 Å². The molecule has 2 rings (SSSR count). The van der Waals surface area contributed by atoms with Crippen LogP contribution in [-0.4, -0.2) is 32.1 Å². The van der Waals surface area contributed by atoms with Gasteiger partial charge in [0.15, 0.2) is 0 Å². The quantitative estimate of drug-likeness (QED) is 0.802. The number of nitrogens with one attached hydrogen (secondary N) is 2. The average Bonchev–Trinajstić information content (AvgIpc) is 2.59. The minimum atomic E-state index is -0.306. The fourth-order valence-electron chi connectivity index (χ4n) is 1.98. The van der Waals surface area contributed by atoms with Crippen molar-refractivity contribution in [3.8, 4) is 5.75 Å². The molecule has 0 radical (unpaired) electrons. The van der Waals surface area contributed by atoms with Crippen LogP contribution in [0.4, 0.5) is 16.2 Å². The minimum Gasteiger partial charge on any atom is -0.492 e. The maximum absolute atomic E-state index is 11.8. The Balaban J connectivity index is 1.73. The Morgan fingerprint density at radius 3 is 2.33 bits per heavy atom. The Bertz CT molecular complexity index is 672. The SMILES string of the molecule is CC(=O)N(C)c1ccc(NC(=O)NCCOc2ccccc2)cc1. The molecule has 0 aliphatic rings. The van der Waals surface area contributed by atoms with E-state index in [0.29, 0.717) is 18.8 Å². The molecule has 2 aromatic carbocycles. The van der Waals surface area contributed by atoms with Crippen LogP contribution in [0.3, 0.4) is 0 Å². The third-order valence-electron chi connectivity index (χ3n) is 3.38. The number of amides is 3. The van der Waals surface area contributed by atoms with E-state index in [0.717, 1.165) is 11.4 Å². The van der Waals surface area contributed by atoms with Crippen LogP contribution in [-0.2, 0) is 4.79 Å². The number of benzene rings is 2. The smallest absolute Gasteiger partial charge is 0.319 e. The van der Waals surface area contributed by atoms with Gasteiger partial charge in [0, 0.05) is 25.3 Å². The van der Waals surface area contributed by atoms with Gasteiger partial charge in [-0.15, -0.1) is 0 Å². The van der Waals surface area contributed by atoms with Crippen molar-refractivity contribution in [1.82, 2.24) is 5.32 Å². The molecule has 0 saturated heterocycles. The number of hydrogen-bond acceptors (Lipinski definition) is 3. The lowest BCUT2D eigenvalue weighted by Gasteiger charge is -2.15. The van der Waals surface area contributed by atoms with Crippen LogP contribution in [0.1, 0.15) is 6.92 Å². The van der Waals surface area contributed by atoms with Gasteiger partial charge in [-0.2, -0.15) is 0 Å². The van der Waals surface area contributed by atoms with Crippen molar-refractivity contribution >= 4 is 23.3 Å². The summed E-state index contributed by atoms with van der Waals surface area (Å²) in [4.78, 5) is 24.6. The second kappa shape index (κ2) is 8.57. The van der Waals surface area contributed by atoms with E-state index in [2.05, 4.69) is 10.6 Å². The van der Waals surface area contributed by atoms with E-state index in [4.69, 9.17) is 4.74 Å². The lowest BCUT2D eigenvalue weighted by Crippen LogP contribution is -2.32. The summed E-state index contributed by atoms with van der Waals surface area (Å²) in [7, 11) is 1.70. The van der Waals surface area contributed by atoms with Crippen molar-refractivity contribution in [3.05, 3.63) is 54.6 Å². The molecular formula is C18H21N3O3. The van der Waals surface area contributed by atoms with Crippen LogP contribution < -0.4 is 20.3 Å². The van der Waals surface area contributed by atoms with Gasteiger partial charge in [0.1, 0.15) is 12.4 Å². The predicted octanol–water partition coefficient (Wildman–Crippen LogP) is 2.87. The first-order valence-electron chi connectivity index (χ1n) is 7.63. The molecule has 0 saturated carbocycles. The Labute approximate surface area is 141 Å². The van der Waals surface area contributed by atoms with Crippen LogP contribution in [0.5, 0.6) is 5.75 Å². The molecule has 126 valence electrons. The van der Waals surface area contributed by atoms with Gasteiger partial charge in [0.25, 0.3) is 0 Å². The van der Waals surface area contributed by atoms with Crippen molar-refractivity contribution in [3.63, 3.8) is 0 Å². The third-order valence-corrected chi connectivity index (χ3v) is 3.38. The van der Waals surface area contributed by atoms with Crippen molar-refractivity contribution in [2.75, 3.05) is 30.4 Å². The molecule has 0 aliphatic carbocycles. The summed E-state index contributed by atoms with van der Waals surface area (Å²) in [6, 6.07) is 16.1. The first-order chi connectivity index (χ1) is 11.6. The Morgan fingerprint density at radius 2 is 1.71 bits per heavy atom. The molecular weight excluding hydrogens is 306 g/mol. The van der Waals surface area contributed by atoms with Gasteiger partial charge in [-0.1, -0.05) is 18.2 Å². The van der Waals surface area contributed by atoms with Gasteiger partial charge in [-0.05, 0) is 36.4 Å². The number of hydrogen-bond donors (Lipinski definition) is 2. The molecule has 0 aliphatic heterocycles. The fourth-order valence-corrected chi connectivity index (χ4v) is 1.98. The molecule has 6 nitrogen and oxygen atoms in total. The normalized spacial score (nSPS) is 9.92. The first kappa shape index (κ1) is 17.3. The van der Waals surface area contributed by atoms with Gasteiger partial charge in [0.2, 0.25) is 5.91 Å². The van der Waals surface area contributed by atoms with Crippen molar-refractivity contribution in [1.29, 1.82) is 0 Å². The van der Waals surface area contributed by atoms with Gasteiger partial charge < -0.3 is 20.3 Å². The summed E-state index contributed by atoms with van der Waals surface area (Å²) >= 11 is 0. The average molecular weight is 327 g/mol. The molecule has 2 aromatic rings. The summed E-state index contributed by atoms with van der Waals surface area (Å²) in [5.74, 6) is 0.719. The molecule has 0 unspecified atom stereocenters. The largest absolute Gasteiger partial charge is 0.492 e. The van der Waals surface area contributed by atoms with E-state index >= 15 is 0 Å². The highest BCUT2D eigenvalue weighted by molar-refractivity contribution is 5.92. The van der Waals surface area contributed by atoms with Crippen LogP contribution in [0, 0.1) is 0 Å². The molecule has 6 heteroatoms. The van der Waals surface area contributed by atoms with Gasteiger partial charge >= 0.3 is 6.03 Å². The summed E-state index contributed by atoms with van der Waals surface area (Å²) in [6.07, 6.45) is 0. The van der Waals surface area contributed by atoms with Crippen molar-refractivity contribution in [2.45, 2.75) is 6.92 Å². The Kier molecular flexibility index (Phi) is 6.19. The highest BCUT2D eigenvalue weighted by atomic mass is 16.5. The van der Waals surface area contributed by atoms with Crippen molar-refractivity contribution < 1.29 is 14.3 Å². The van der Waals surface area contributed by atoms with E-state index < -0.39 is 0 Å². The van der Waals surface area contributed by atoms with Crippen LogP contribution >= 0.6 is 0 Å². The van der Waals surface area contributed by atoms with E-state index in [1.807, 2.05) is 30.3 Å². The monoisotopic (exact) mass is 327 g/mol. The lowest BCUT2D eigenvalue weighted by molar-refractivity contribution is -0.116.